The minimum Gasteiger partial charge on any atom is -0.469 e. The number of carbonyl (C=O) groups excluding carboxylic acids is 1. The Morgan fingerprint density at radius 1 is 1.64 bits per heavy atom. The summed E-state index contributed by atoms with van der Waals surface area (Å²) >= 11 is 0. The zero-order valence-electron chi connectivity index (χ0n) is 8.36. The highest BCUT2D eigenvalue weighted by molar-refractivity contribution is 5.78. The number of pyridine rings is 1. The Balaban J connectivity index is 2.94. The molecule has 0 radical (unpaired) electrons. The molecule has 2 N–H and O–H groups in total. The van der Waals surface area contributed by atoms with E-state index >= 15 is 0 Å². The predicted octanol–water partition coefficient (Wildman–Crippen LogP) is 0.605. The number of carbonyl (C=O) groups is 1. The van der Waals surface area contributed by atoms with Crippen LogP contribution in [0.2, 0.25) is 0 Å². The highest BCUT2D eigenvalue weighted by Gasteiger charge is 2.19. The molecule has 76 valence electrons. The van der Waals surface area contributed by atoms with Crippen molar-refractivity contribution in [2.75, 3.05) is 13.7 Å². The summed E-state index contributed by atoms with van der Waals surface area (Å²) < 4.78 is 4.65. The number of nitrogens with two attached hydrogens (primary N) is 1. The summed E-state index contributed by atoms with van der Waals surface area (Å²) in [6.45, 7) is 2.15. The van der Waals surface area contributed by atoms with E-state index in [4.69, 9.17) is 5.73 Å². The SMILES string of the molecule is COC(=O)C(CN)c1cncc(C)c1. The summed E-state index contributed by atoms with van der Waals surface area (Å²) in [7, 11) is 1.36. The largest absolute Gasteiger partial charge is 0.469 e. The van der Waals surface area contributed by atoms with E-state index in [1.165, 1.54) is 7.11 Å². The fraction of sp³-hybridized carbons (Fsp3) is 0.400. The van der Waals surface area contributed by atoms with Crippen molar-refractivity contribution in [3.8, 4) is 0 Å². The Labute approximate surface area is 83.1 Å². The minimum atomic E-state index is -0.410. The molecule has 1 unspecified atom stereocenters. The molecule has 1 rings (SSSR count). The quantitative estimate of drug-likeness (QED) is 0.716. The van der Waals surface area contributed by atoms with Crippen molar-refractivity contribution in [1.29, 1.82) is 0 Å². The molecule has 0 aromatic carbocycles. The number of hydrogen-bond donors (Lipinski definition) is 1. The number of aryl methyl sites for hydroxylation is 1. The normalized spacial score (nSPS) is 12.2. The fourth-order valence-corrected chi connectivity index (χ4v) is 1.28. The molecule has 1 atom stereocenters. The first kappa shape index (κ1) is 10.7. The average molecular weight is 194 g/mol. The summed E-state index contributed by atoms with van der Waals surface area (Å²) in [6.07, 6.45) is 3.37. The van der Waals surface area contributed by atoms with Gasteiger partial charge in [-0.3, -0.25) is 9.78 Å². The van der Waals surface area contributed by atoms with Gasteiger partial charge in [0.25, 0.3) is 0 Å². The molecular weight excluding hydrogens is 180 g/mol. The van der Waals surface area contributed by atoms with Crippen LogP contribution >= 0.6 is 0 Å². The van der Waals surface area contributed by atoms with Crippen molar-refractivity contribution < 1.29 is 9.53 Å². The van der Waals surface area contributed by atoms with Gasteiger partial charge in [-0.15, -0.1) is 0 Å². The first-order valence-corrected chi connectivity index (χ1v) is 4.38. The predicted molar refractivity (Wildman–Crippen MR) is 52.8 cm³/mol. The molecule has 0 aliphatic carbocycles. The number of rotatable bonds is 3. The van der Waals surface area contributed by atoms with Crippen LogP contribution < -0.4 is 5.73 Å². The first-order chi connectivity index (χ1) is 6.69. The molecule has 0 saturated heterocycles. The Morgan fingerprint density at radius 2 is 2.36 bits per heavy atom. The lowest BCUT2D eigenvalue weighted by molar-refractivity contribution is -0.142. The zero-order valence-corrected chi connectivity index (χ0v) is 8.36. The lowest BCUT2D eigenvalue weighted by Gasteiger charge is -2.12. The number of ether oxygens (including phenoxy) is 1. The van der Waals surface area contributed by atoms with Gasteiger partial charge in [-0.2, -0.15) is 0 Å². The standard InChI is InChI=1S/C10H14N2O2/c1-7-3-8(6-12-5-7)9(4-11)10(13)14-2/h3,5-6,9H,4,11H2,1-2H3. The Hall–Kier alpha value is -1.42. The second-order valence-electron chi connectivity index (χ2n) is 3.11. The van der Waals surface area contributed by atoms with Crippen LogP contribution in [0.4, 0.5) is 0 Å². The molecule has 0 aliphatic heterocycles. The topological polar surface area (TPSA) is 65.2 Å². The number of nitrogens with zero attached hydrogens (tertiary/aromatic N) is 1. The van der Waals surface area contributed by atoms with E-state index in [-0.39, 0.29) is 12.5 Å². The number of hydrogen-bond acceptors (Lipinski definition) is 4. The maximum absolute atomic E-state index is 11.3. The summed E-state index contributed by atoms with van der Waals surface area (Å²) in [6, 6.07) is 1.89. The third kappa shape index (κ3) is 2.29. The zero-order chi connectivity index (χ0) is 10.6. The van der Waals surface area contributed by atoms with Gasteiger partial charge in [-0.1, -0.05) is 6.07 Å². The van der Waals surface area contributed by atoms with Crippen LogP contribution in [-0.4, -0.2) is 24.6 Å². The van der Waals surface area contributed by atoms with Gasteiger partial charge in [0.2, 0.25) is 0 Å². The first-order valence-electron chi connectivity index (χ1n) is 4.38. The second kappa shape index (κ2) is 4.72. The second-order valence-corrected chi connectivity index (χ2v) is 3.11. The van der Waals surface area contributed by atoms with Gasteiger partial charge in [0.15, 0.2) is 0 Å². The lowest BCUT2D eigenvalue weighted by atomic mass is 10.0. The smallest absolute Gasteiger partial charge is 0.314 e. The fourth-order valence-electron chi connectivity index (χ4n) is 1.28. The van der Waals surface area contributed by atoms with Crippen molar-refractivity contribution in [3.05, 3.63) is 29.6 Å². The Morgan fingerprint density at radius 3 is 2.86 bits per heavy atom. The molecule has 0 bridgehead atoms. The maximum atomic E-state index is 11.3. The highest BCUT2D eigenvalue weighted by Crippen LogP contribution is 2.15. The van der Waals surface area contributed by atoms with Crippen molar-refractivity contribution >= 4 is 5.97 Å². The van der Waals surface area contributed by atoms with Crippen LogP contribution in [-0.2, 0) is 9.53 Å². The van der Waals surface area contributed by atoms with E-state index < -0.39 is 5.92 Å². The Kier molecular flexibility index (Phi) is 3.59. The van der Waals surface area contributed by atoms with E-state index in [1.807, 2.05) is 13.0 Å². The highest BCUT2D eigenvalue weighted by atomic mass is 16.5. The van der Waals surface area contributed by atoms with Crippen LogP contribution in [0.1, 0.15) is 17.0 Å². The van der Waals surface area contributed by atoms with Crippen molar-refractivity contribution in [2.24, 2.45) is 5.73 Å². The van der Waals surface area contributed by atoms with Crippen molar-refractivity contribution in [1.82, 2.24) is 4.98 Å². The van der Waals surface area contributed by atoms with Gasteiger partial charge in [-0.25, -0.2) is 0 Å². The van der Waals surface area contributed by atoms with E-state index in [9.17, 15) is 4.79 Å². The van der Waals surface area contributed by atoms with Crippen molar-refractivity contribution in [2.45, 2.75) is 12.8 Å². The van der Waals surface area contributed by atoms with Gasteiger partial charge in [0.05, 0.1) is 13.0 Å². The van der Waals surface area contributed by atoms with E-state index in [1.54, 1.807) is 12.4 Å². The number of aromatic nitrogens is 1. The van der Waals surface area contributed by atoms with Gasteiger partial charge in [0, 0.05) is 18.9 Å². The van der Waals surface area contributed by atoms with Gasteiger partial charge < -0.3 is 10.5 Å². The van der Waals surface area contributed by atoms with Gasteiger partial charge in [0.1, 0.15) is 0 Å². The molecule has 0 aliphatic rings. The lowest BCUT2D eigenvalue weighted by Crippen LogP contribution is -2.22. The number of methoxy groups -OCH3 is 1. The van der Waals surface area contributed by atoms with Crippen LogP contribution in [0.25, 0.3) is 0 Å². The van der Waals surface area contributed by atoms with Crippen molar-refractivity contribution in [3.63, 3.8) is 0 Å². The van der Waals surface area contributed by atoms with Gasteiger partial charge >= 0.3 is 5.97 Å². The molecule has 1 heterocycles. The molecule has 0 fully saturated rings. The Bertz CT molecular complexity index is 326. The van der Waals surface area contributed by atoms with Crippen LogP contribution in [0.15, 0.2) is 18.5 Å². The molecule has 0 saturated carbocycles. The molecule has 4 heteroatoms. The van der Waals surface area contributed by atoms with Crippen LogP contribution in [0, 0.1) is 6.92 Å². The molecular formula is C10H14N2O2. The van der Waals surface area contributed by atoms with Gasteiger partial charge in [-0.05, 0) is 18.1 Å². The third-order valence-electron chi connectivity index (χ3n) is 2.02. The molecule has 4 nitrogen and oxygen atoms in total. The summed E-state index contributed by atoms with van der Waals surface area (Å²) in [5.41, 5.74) is 7.31. The molecule has 0 amide bonds. The summed E-state index contributed by atoms with van der Waals surface area (Å²) in [5.74, 6) is -0.729. The maximum Gasteiger partial charge on any atom is 0.314 e. The third-order valence-corrected chi connectivity index (χ3v) is 2.02. The summed E-state index contributed by atoms with van der Waals surface area (Å²) in [5, 5.41) is 0. The van der Waals surface area contributed by atoms with Crippen LogP contribution in [0.5, 0.6) is 0 Å². The molecule has 1 aromatic rings. The monoisotopic (exact) mass is 194 g/mol. The number of esters is 1. The average Bonchev–Trinajstić information content (AvgIpc) is 2.19. The summed E-state index contributed by atoms with van der Waals surface area (Å²) in [4.78, 5) is 15.3. The van der Waals surface area contributed by atoms with E-state index in [2.05, 4.69) is 9.72 Å². The molecule has 1 aromatic heterocycles. The minimum absolute atomic E-state index is 0.234. The van der Waals surface area contributed by atoms with Crippen LogP contribution in [0.3, 0.4) is 0 Å². The van der Waals surface area contributed by atoms with E-state index in [0.29, 0.717) is 0 Å². The molecule has 14 heavy (non-hydrogen) atoms. The van der Waals surface area contributed by atoms with E-state index in [0.717, 1.165) is 11.1 Å². The molecule has 0 spiro atoms.